The van der Waals surface area contributed by atoms with Crippen LogP contribution >= 0.6 is 0 Å². The zero-order valence-corrected chi connectivity index (χ0v) is 12.8. The maximum Gasteiger partial charge on any atom is 0.335 e. The van der Waals surface area contributed by atoms with E-state index < -0.39 is 5.97 Å². The lowest BCUT2D eigenvalue weighted by molar-refractivity contribution is 0.0697. The number of rotatable bonds is 6. The van der Waals surface area contributed by atoms with E-state index in [0.29, 0.717) is 12.1 Å². The average molecular weight is 290 g/mol. The first-order chi connectivity index (χ1) is 9.88. The van der Waals surface area contributed by atoms with Crippen molar-refractivity contribution >= 4 is 17.0 Å². The zero-order valence-electron chi connectivity index (χ0n) is 12.8. The van der Waals surface area contributed by atoms with Gasteiger partial charge in [-0.2, -0.15) is 0 Å². The number of aliphatic hydroxyl groups excluding tert-OH is 1. The van der Waals surface area contributed by atoms with Gasteiger partial charge in [0.1, 0.15) is 5.82 Å². The molecule has 0 saturated heterocycles. The Labute approximate surface area is 124 Å². The van der Waals surface area contributed by atoms with Crippen LogP contribution in [0.5, 0.6) is 0 Å². The predicted octanol–water partition coefficient (Wildman–Crippen LogP) is 2.71. The number of carboxylic acids is 1. The van der Waals surface area contributed by atoms with E-state index in [4.69, 9.17) is 5.11 Å². The number of fused-ring (bicyclic) bond motifs is 1. The molecule has 0 atom stereocenters. The van der Waals surface area contributed by atoms with Crippen molar-refractivity contribution in [3.63, 3.8) is 0 Å². The number of carboxylic acid groups (broad SMARTS) is 1. The van der Waals surface area contributed by atoms with Gasteiger partial charge in [-0.25, -0.2) is 9.78 Å². The highest BCUT2D eigenvalue weighted by Crippen LogP contribution is 2.25. The highest BCUT2D eigenvalue weighted by atomic mass is 16.4. The molecule has 1 aromatic heterocycles. The quantitative estimate of drug-likeness (QED) is 0.857. The van der Waals surface area contributed by atoms with Crippen LogP contribution in [-0.2, 0) is 13.0 Å². The molecule has 0 radical (unpaired) electrons. The van der Waals surface area contributed by atoms with E-state index in [9.17, 15) is 9.90 Å². The Morgan fingerprint density at radius 3 is 2.67 bits per heavy atom. The molecule has 0 bridgehead atoms. The average Bonchev–Trinajstić information content (AvgIpc) is 2.76. The van der Waals surface area contributed by atoms with Crippen LogP contribution in [-0.4, -0.2) is 32.3 Å². The number of hydrogen-bond donors (Lipinski definition) is 2. The van der Waals surface area contributed by atoms with Crippen molar-refractivity contribution in [3.8, 4) is 0 Å². The number of imidazole rings is 1. The Morgan fingerprint density at radius 2 is 2.10 bits per heavy atom. The second-order valence-electron chi connectivity index (χ2n) is 6.20. The van der Waals surface area contributed by atoms with E-state index in [2.05, 4.69) is 16.5 Å². The second-order valence-corrected chi connectivity index (χ2v) is 6.20. The molecule has 5 nitrogen and oxygen atoms in total. The molecule has 0 fully saturated rings. The molecule has 2 N–H and O–H groups in total. The number of aliphatic hydroxyl groups is 1. The van der Waals surface area contributed by atoms with Gasteiger partial charge in [-0.1, -0.05) is 20.8 Å². The summed E-state index contributed by atoms with van der Waals surface area (Å²) in [5, 5.41) is 18.6. The SMILES string of the molecule is CCCc1nc2cc(C(=O)O)ccc2n1CC(C)(C)CO. The van der Waals surface area contributed by atoms with Gasteiger partial charge in [-0.15, -0.1) is 0 Å². The summed E-state index contributed by atoms with van der Waals surface area (Å²) in [7, 11) is 0. The molecule has 0 aliphatic carbocycles. The molecule has 0 unspecified atom stereocenters. The molecular weight excluding hydrogens is 268 g/mol. The molecule has 0 aliphatic rings. The minimum Gasteiger partial charge on any atom is -0.478 e. The highest BCUT2D eigenvalue weighted by Gasteiger charge is 2.21. The first-order valence-electron chi connectivity index (χ1n) is 7.21. The minimum atomic E-state index is -0.945. The molecule has 0 spiro atoms. The van der Waals surface area contributed by atoms with Crippen LogP contribution in [0.4, 0.5) is 0 Å². The third-order valence-corrected chi connectivity index (χ3v) is 3.56. The highest BCUT2D eigenvalue weighted by molar-refractivity contribution is 5.92. The van der Waals surface area contributed by atoms with Crippen molar-refractivity contribution in [3.05, 3.63) is 29.6 Å². The Hall–Kier alpha value is -1.88. The Kier molecular flexibility index (Phi) is 4.32. The van der Waals surface area contributed by atoms with Crippen molar-refractivity contribution in [1.29, 1.82) is 0 Å². The number of aromatic carboxylic acids is 1. The van der Waals surface area contributed by atoms with Gasteiger partial charge < -0.3 is 14.8 Å². The first-order valence-corrected chi connectivity index (χ1v) is 7.21. The normalized spacial score (nSPS) is 12.0. The summed E-state index contributed by atoms with van der Waals surface area (Å²) >= 11 is 0. The van der Waals surface area contributed by atoms with Gasteiger partial charge in [0.15, 0.2) is 0 Å². The van der Waals surface area contributed by atoms with Gasteiger partial charge >= 0.3 is 5.97 Å². The summed E-state index contributed by atoms with van der Waals surface area (Å²) < 4.78 is 2.10. The molecule has 0 amide bonds. The van der Waals surface area contributed by atoms with Crippen molar-refractivity contribution in [2.45, 2.75) is 40.2 Å². The summed E-state index contributed by atoms with van der Waals surface area (Å²) in [6, 6.07) is 5.02. The second kappa shape index (κ2) is 5.85. The topological polar surface area (TPSA) is 75.3 Å². The summed E-state index contributed by atoms with van der Waals surface area (Å²) in [4.78, 5) is 15.7. The predicted molar refractivity (Wildman–Crippen MR) is 81.6 cm³/mol. The van der Waals surface area contributed by atoms with Crippen molar-refractivity contribution < 1.29 is 15.0 Å². The van der Waals surface area contributed by atoms with Gasteiger partial charge in [-0.3, -0.25) is 0 Å². The third-order valence-electron chi connectivity index (χ3n) is 3.56. The van der Waals surface area contributed by atoms with Gasteiger partial charge in [0, 0.05) is 25.0 Å². The number of hydrogen-bond acceptors (Lipinski definition) is 3. The summed E-state index contributed by atoms with van der Waals surface area (Å²) in [5.41, 5.74) is 1.62. The molecule has 2 rings (SSSR count). The van der Waals surface area contributed by atoms with Crippen molar-refractivity contribution in [1.82, 2.24) is 9.55 Å². The fourth-order valence-electron chi connectivity index (χ4n) is 2.38. The fourth-order valence-corrected chi connectivity index (χ4v) is 2.38. The number of benzene rings is 1. The monoisotopic (exact) mass is 290 g/mol. The summed E-state index contributed by atoms with van der Waals surface area (Å²) in [5.74, 6) is -0.00394. The number of nitrogens with zero attached hydrogens (tertiary/aromatic N) is 2. The van der Waals surface area contributed by atoms with E-state index in [-0.39, 0.29) is 17.6 Å². The van der Waals surface area contributed by atoms with Crippen LogP contribution in [0.3, 0.4) is 0 Å². The van der Waals surface area contributed by atoms with Crippen LogP contribution < -0.4 is 0 Å². The molecule has 0 saturated carbocycles. The molecule has 114 valence electrons. The minimum absolute atomic E-state index is 0.0887. The summed E-state index contributed by atoms with van der Waals surface area (Å²) in [6.07, 6.45) is 1.80. The lowest BCUT2D eigenvalue weighted by Crippen LogP contribution is -2.24. The van der Waals surface area contributed by atoms with E-state index in [1.165, 1.54) is 0 Å². The smallest absolute Gasteiger partial charge is 0.335 e. The Morgan fingerprint density at radius 1 is 1.38 bits per heavy atom. The number of aryl methyl sites for hydroxylation is 1. The molecule has 0 aliphatic heterocycles. The van der Waals surface area contributed by atoms with Crippen LogP contribution in [0.15, 0.2) is 18.2 Å². The van der Waals surface area contributed by atoms with Crippen LogP contribution in [0, 0.1) is 5.41 Å². The molecule has 2 aromatic rings. The van der Waals surface area contributed by atoms with Crippen LogP contribution in [0.25, 0.3) is 11.0 Å². The maximum absolute atomic E-state index is 11.1. The molecule has 21 heavy (non-hydrogen) atoms. The van der Waals surface area contributed by atoms with E-state index in [1.807, 2.05) is 13.8 Å². The fraction of sp³-hybridized carbons (Fsp3) is 0.500. The lowest BCUT2D eigenvalue weighted by atomic mass is 9.94. The first kappa shape index (κ1) is 15.5. The molecule has 5 heteroatoms. The van der Waals surface area contributed by atoms with Gasteiger partial charge in [0.05, 0.1) is 16.6 Å². The Bertz CT molecular complexity index is 659. The molecule has 1 heterocycles. The molecule has 1 aromatic carbocycles. The molecular formula is C16H22N2O3. The number of carbonyl (C=O) groups is 1. The van der Waals surface area contributed by atoms with E-state index in [0.717, 1.165) is 24.2 Å². The maximum atomic E-state index is 11.1. The third kappa shape index (κ3) is 3.24. The van der Waals surface area contributed by atoms with E-state index in [1.54, 1.807) is 18.2 Å². The Balaban J connectivity index is 2.55. The van der Waals surface area contributed by atoms with Crippen molar-refractivity contribution in [2.75, 3.05) is 6.61 Å². The lowest BCUT2D eigenvalue weighted by Gasteiger charge is -2.23. The van der Waals surface area contributed by atoms with Crippen LogP contribution in [0.1, 0.15) is 43.4 Å². The van der Waals surface area contributed by atoms with Crippen molar-refractivity contribution in [2.24, 2.45) is 5.41 Å². The standard InChI is InChI=1S/C16H22N2O3/c1-4-5-14-17-12-8-11(15(20)21)6-7-13(12)18(14)9-16(2,3)10-19/h6-8,19H,4-5,9-10H2,1-3H3,(H,20,21). The van der Waals surface area contributed by atoms with Gasteiger partial charge in [0.2, 0.25) is 0 Å². The zero-order chi connectivity index (χ0) is 15.6. The number of aromatic nitrogens is 2. The van der Waals surface area contributed by atoms with E-state index >= 15 is 0 Å². The summed E-state index contributed by atoms with van der Waals surface area (Å²) in [6.45, 7) is 6.83. The largest absolute Gasteiger partial charge is 0.478 e. The van der Waals surface area contributed by atoms with Crippen LogP contribution in [0.2, 0.25) is 0 Å². The van der Waals surface area contributed by atoms with Gasteiger partial charge in [-0.05, 0) is 24.6 Å². The van der Waals surface area contributed by atoms with Gasteiger partial charge in [0.25, 0.3) is 0 Å².